The van der Waals surface area contributed by atoms with Crippen molar-refractivity contribution in [2.75, 3.05) is 5.75 Å². The summed E-state index contributed by atoms with van der Waals surface area (Å²) in [4.78, 5) is 12.1. The molecule has 0 aliphatic heterocycles. The summed E-state index contributed by atoms with van der Waals surface area (Å²) in [5.74, 6) is 1.08. The molecule has 1 atom stereocenters. The van der Waals surface area contributed by atoms with E-state index in [0.717, 1.165) is 23.8 Å². The summed E-state index contributed by atoms with van der Waals surface area (Å²) in [5, 5.41) is 19.7. The van der Waals surface area contributed by atoms with Crippen LogP contribution in [0.3, 0.4) is 0 Å². The maximum absolute atomic E-state index is 12.1. The Bertz CT molecular complexity index is 662. The van der Waals surface area contributed by atoms with Crippen molar-refractivity contribution in [2.24, 2.45) is 7.05 Å². The molecule has 3 rings (SSSR count). The third-order valence-corrected chi connectivity index (χ3v) is 5.12. The summed E-state index contributed by atoms with van der Waals surface area (Å²) in [6, 6.07) is 0.304. The van der Waals surface area contributed by atoms with E-state index in [-0.39, 0.29) is 11.9 Å². The lowest BCUT2D eigenvalue weighted by atomic mass is 10.2. The van der Waals surface area contributed by atoms with Gasteiger partial charge in [0.25, 0.3) is 0 Å². The Kier molecular flexibility index (Phi) is 4.94. The van der Waals surface area contributed by atoms with Crippen LogP contribution >= 0.6 is 11.8 Å². The Labute approximate surface area is 139 Å². The molecule has 0 unspecified atom stereocenters. The Morgan fingerprint density at radius 3 is 2.78 bits per heavy atom. The largest absolute Gasteiger partial charge is 0.346 e. The highest BCUT2D eigenvalue weighted by Gasteiger charge is 2.23. The normalized spacial score (nSPS) is 16.6. The molecule has 1 aliphatic carbocycles. The SMILES string of the molecule is C[C@@H](NC(=O)CSc1nncn1C)c1nncn1C1CCCC1. The van der Waals surface area contributed by atoms with Gasteiger partial charge in [-0.15, -0.1) is 20.4 Å². The van der Waals surface area contributed by atoms with E-state index in [1.165, 1.54) is 24.6 Å². The van der Waals surface area contributed by atoms with Crippen LogP contribution in [0, 0.1) is 0 Å². The molecule has 8 nitrogen and oxygen atoms in total. The lowest BCUT2D eigenvalue weighted by molar-refractivity contribution is -0.119. The second kappa shape index (κ2) is 7.12. The smallest absolute Gasteiger partial charge is 0.231 e. The van der Waals surface area contributed by atoms with Gasteiger partial charge in [0.15, 0.2) is 11.0 Å². The third kappa shape index (κ3) is 3.72. The van der Waals surface area contributed by atoms with Gasteiger partial charge in [0, 0.05) is 13.1 Å². The summed E-state index contributed by atoms with van der Waals surface area (Å²) in [7, 11) is 1.85. The van der Waals surface area contributed by atoms with Crippen LogP contribution in [0.25, 0.3) is 0 Å². The Hall–Kier alpha value is -1.90. The third-order valence-electron chi connectivity index (χ3n) is 4.09. The van der Waals surface area contributed by atoms with E-state index >= 15 is 0 Å². The highest BCUT2D eigenvalue weighted by Crippen LogP contribution is 2.31. The Morgan fingerprint density at radius 2 is 2.09 bits per heavy atom. The molecule has 0 bridgehead atoms. The highest BCUT2D eigenvalue weighted by atomic mass is 32.2. The molecule has 1 fully saturated rings. The average Bonchev–Trinajstić information content (AvgIpc) is 3.26. The van der Waals surface area contributed by atoms with Crippen molar-refractivity contribution in [2.45, 2.75) is 49.8 Å². The summed E-state index contributed by atoms with van der Waals surface area (Å²) >= 11 is 1.37. The zero-order valence-corrected chi connectivity index (χ0v) is 14.2. The topological polar surface area (TPSA) is 90.5 Å². The van der Waals surface area contributed by atoms with Crippen LogP contribution in [0.2, 0.25) is 0 Å². The minimum atomic E-state index is -0.161. The van der Waals surface area contributed by atoms with Crippen LogP contribution in [-0.2, 0) is 11.8 Å². The first-order valence-electron chi connectivity index (χ1n) is 7.80. The number of carbonyl (C=O) groups is 1. The maximum atomic E-state index is 12.1. The molecule has 1 amide bonds. The number of nitrogens with zero attached hydrogens (tertiary/aromatic N) is 6. The van der Waals surface area contributed by atoms with Gasteiger partial charge < -0.3 is 14.5 Å². The van der Waals surface area contributed by atoms with E-state index in [1.54, 1.807) is 17.2 Å². The van der Waals surface area contributed by atoms with Crippen LogP contribution in [0.15, 0.2) is 17.8 Å². The van der Waals surface area contributed by atoms with Gasteiger partial charge in [0.05, 0.1) is 11.8 Å². The van der Waals surface area contributed by atoms with E-state index in [0.29, 0.717) is 11.8 Å². The van der Waals surface area contributed by atoms with E-state index in [2.05, 4.69) is 30.3 Å². The van der Waals surface area contributed by atoms with Crippen LogP contribution in [-0.4, -0.2) is 41.2 Å². The molecular formula is C14H21N7OS. The van der Waals surface area contributed by atoms with E-state index in [9.17, 15) is 4.79 Å². The van der Waals surface area contributed by atoms with E-state index in [1.807, 2.05) is 14.0 Å². The first-order chi connectivity index (χ1) is 11.1. The number of nitrogens with one attached hydrogen (secondary N) is 1. The molecule has 2 aromatic heterocycles. The second-order valence-electron chi connectivity index (χ2n) is 5.84. The molecular weight excluding hydrogens is 314 g/mol. The average molecular weight is 335 g/mol. The van der Waals surface area contributed by atoms with Crippen LogP contribution in [0.1, 0.15) is 50.5 Å². The molecule has 1 N–H and O–H groups in total. The van der Waals surface area contributed by atoms with Gasteiger partial charge in [-0.1, -0.05) is 24.6 Å². The zero-order valence-electron chi connectivity index (χ0n) is 13.3. The molecule has 0 radical (unpaired) electrons. The predicted octanol–water partition coefficient (Wildman–Crippen LogP) is 1.49. The van der Waals surface area contributed by atoms with Crippen molar-refractivity contribution < 1.29 is 4.79 Å². The van der Waals surface area contributed by atoms with Crippen molar-refractivity contribution in [3.05, 3.63) is 18.5 Å². The van der Waals surface area contributed by atoms with Gasteiger partial charge in [-0.05, 0) is 19.8 Å². The molecule has 124 valence electrons. The lowest BCUT2D eigenvalue weighted by Crippen LogP contribution is -2.30. The van der Waals surface area contributed by atoms with E-state index in [4.69, 9.17) is 0 Å². The fourth-order valence-corrected chi connectivity index (χ4v) is 3.61. The molecule has 23 heavy (non-hydrogen) atoms. The molecule has 0 saturated heterocycles. The van der Waals surface area contributed by atoms with Gasteiger partial charge in [0.2, 0.25) is 5.91 Å². The number of rotatable bonds is 6. The van der Waals surface area contributed by atoms with Crippen molar-refractivity contribution in [1.29, 1.82) is 0 Å². The fourth-order valence-electron chi connectivity index (χ4n) is 2.91. The lowest BCUT2D eigenvalue weighted by Gasteiger charge is -2.18. The predicted molar refractivity (Wildman–Crippen MR) is 85.8 cm³/mol. The molecule has 0 spiro atoms. The molecule has 2 heterocycles. The Morgan fingerprint density at radius 1 is 1.35 bits per heavy atom. The minimum absolute atomic E-state index is 0.0496. The van der Waals surface area contributed by atoms with Crippen molar-refractivity contribution in [1.82, 2.24) is 34.8 Å². The monoisotopic (exact) mass is 335 g/mol. The van der Waals surface area contributed by atoms with E-state index < -0.39 is 0 Å². The van der Waals surface area contributed by atoms with Crippen molar-refractivity contribution in [3.63, 3.8) is 0 Å². The van der Waals surface area contributed by atoms with Crippen LogP contribution < -0.4 is 5.32 Å². The molecule has 1 saturated carbocycles. The van der Waals surface area contributed by atoms with Gasteiger partial charge in [-0.25, -0.2) is 0 Å². The molecule has 2 aromatic rings. The standard InChI is InChI=1S/C14H21N7OS/c1-10(13-18-16-9-21(13)11-5-3-4-6-11)17-12(22)7-23-14-19-15-8-20(14)2/h8-11H,3-7H2,1-2H3,(H,17,22)/t10-/m1/s1. The van der Waals surface area contributed by atoms with Crippen LogP contribution in [0.5, 0.6) is 0 Å². The first kappa shape index (κ1) is 16.0. The van der Waals surface area contributed by atoms with Gasteiger partial charge in [0.1, 0.15) is 12.7 Å². The number of aromatic nitrogens is 6. The van der Waals surface area contributed by atoms with Crippen molar-refractivity contribution >= 4 is 17.7 Å². The summed E-state index contributed by atoms with van der Waals surface area (Å²) in [5.41, 5.74) is 0. The second-order valence-corrected chi connectivity index (χ2v) is 6.78. The number of amides is 1. The minimum Gasteiger partial charge on any atom is -0.346 e. The maximum Gasteiger partial charge on any atom is 0.231 e. The first-order valence-corrected chi connectivity index (χ1v) is 8.79. The number of thioether (sulfide) groups is 1. The zero-order chi connectivity index (χ0) is 16.2. The fraction of sp³-hybridized carbons (Fsp3) is 0.643. The number of aryl methyl sites for hydroxylation is 1. The number of hydrogen-bond acceptors (Lipinski definition) is 6. The highest BCUT2D eigenvalue weighted by molar-refractivity contribution is 7.99. The summed E-state index contributed by atoms with van der Waals surface area (Å²) < 4.78 is 3.91. The summed E-state index contributed by atoms with van der Waals surface area (Å²) in [6.45, 7) is 1.94. The van der Waals surface area contributed by atoms with Gasteiger partial charge >= 0.3 is 0 Å². The van der Waals surface area contributed by atoms with Crippen molar-refractivity contribution in [3.8, 4) is 0 Å². The molecule has 0 aromatic carbocycles. The van der Waals surface area contributed by atoms with Crippen LogP contribution in [0.4, 0.5) is 0 Å². The Balaban J connectivity index is 1.56. The van der Waals surface area contributed by atoms with Gasteiger partial charge in [-0.3, -0.25) is 4.79 Å². The summed E-state index contributed by atoms with van der Waals surface area (Å²) in [6.07, 6.45) is 8.21. The number of carbonyl (C=O) groups excluding carboxylic acids is 1. The quantitative estimate of drug-likeness (QED) is 0.804. The molecule has 1 aliphatic rings. The van der Waals surface area contributed by atoms with Gasteiger partial charge in [-0.2, -0.15) is 0 Å². The number of hydrogen-bond donors (Lipinski definition) is 1. The molecule has 9 heteroatoms.